The number of hydrogen-bond donors (Lipinski definition) is 1. The lowest BCUT2D eigenvalue weighted by Gasteiger charge is -1.99. The molecule has 15 heavy (non-hydrogen) atoms. The third-order valence-electron chi connectivity index (χ3n) is 2.00. The van der Waals surface area contributed by atoms with Gasteiger partial charge in [0.05, 0.1) is 10.4 Å². The lowest BCUT2D eigenvalue weighted by Crippen LogP contribution is -1.79. The first-order chi connectivity index (χ1) is 7.24. The smallest absolute Gasteiger partial charge is 0.181 e. The van der Waals surface area contributed by atoms with Crippen molar-refractivity contribution in [2.24, 2.45) is 0 Å². The maximum Gasteiger partial charge on any atom is 0.181 e. The van der Waals surface area contributed by atoms with Crippen molar-refractivity contribution in [3.8, 4) is 0 Å². The molecule has 4 heteroatoms. The van der Waals surface area contributed by atoms with Gasteiger partial charge in [-0.2, -0.15) is 0 Å². The molecule has 0 aliphatic carbocycles. The van der Waals surface area contributed by atoms with Crippen LogP contribution in [0.5, 0.6) is 0 Å². The van der Waals surface area contributed by atoms with E-state index in [1.165, 1.54) is 26.7 Å². The molecule has 1 aromatic carbocycles. The van der Waals surface area contributed by atoms with Gasteiger partial charge in [-0.1, -0.05) is 41.2 Å². The third kappa shape index (κ3) is 2.97. The van der Waals surface area contributed by atoms with Crippen molar-refractivity contribution >= 4 is 28.2 Å². The molecule has 2 aromatic rings. The molecular formula is C11H12N2S2. The number of hydrogen-bond acceptors (Lipinski definition) is 4. The molecule has 0 aliphatic rings. The average Bonchev–Trinajstić information content (AvgIpc) is 2.64. The Morgan fingerprint density at radius 2 is 2.07 bits per heavy atom. The SMILES string of the molecule is Cc1ccc(CSc2cnc(N)s2)cc1. The van der Waals surface area contributed by atoms with Crippen molar-refractivity contribution in [2.45, 2.75) is 16.9 Å². The zero-order chi connectivity index (χ0) is 10.7. The fourth-order valence-corrected chi connectivity index (χ4v) is 2.89. The summed E-state index contributed by atoms with van der Waals surface area (Å²) in [5, 5.41) is 0.640. The van der Waals surface area contributed by atoms with E-state index in [-0.39, 0.29) is 0 Å². The molecule has 0 fully saturated rings. The standard InChI is InChI=1S/C11H12N2S2/c1-8-2-4-9(5-3-8)7-14-10-6-13-11(12)15-10/h2-6H,7H2,1H3,(H2,12,13). The van der Waals surface area contributed by atoms with Gasteiger partial charge in [0.1, 0.15) is 0 Å². The van der Waals surface area contributed by atoms with Crippen LogP contribution in [-0.2, 0) is 5.75 Å². The number of nitrogens with two attached hydrogens (primary N) is 1. The van der Waals surface area contributed by atoms with Gasteiger partial charge < -0.3 is 5.73 Å². The maximum atomic E-state index is 5.56. The van der Waals surface area contributed by atoms with E-state index in [1.54, 1.807) is 11.8 Å². The number of nitrogen functional groups attached to an aromatic ring is 1. The van der Waals surface area contributed by atoms with Gasteiger partial charge >= 0.3 is 0 Å². The highest BCUT2D eigenvalue weighted by molar-refractivity contribution is 8.00. The monoisotopic (exact) mass is 236 g/mol. The minimum atomic E-state index is 0.640. The molecule has 0 saturated carbocycles. The van der Waals surface area contributed by atoms with Crippen LogP contribution < -0.4 is 5.73 Å². The molecule has 0 spiro atoms. The predicted octanol–water partition coefficient (Wildman–Crippen LogP) is 3.33. The lowest BCUT2D eigenvalue weighted by molar-refractivity contribution is 1.35. The Labute approximate surface area is 97.5 Å². The van der Waals surface area contributed by atoms with Crippen LogP contribution in [0.3, 0.4) is 0 Å². The minimum Gasteiger partial charge on any atom is -0.375 e. The first-order valence-corrected chi connectivity index (χ1v) is 6.44. The van der Waals surface area contributed by atoms with Crippen molar-refractivity contribution < 1.29 is 0 Å². The van der Waals surface area contributed by atoms with E-state index < -0.39 is 0 Å². The van der Waals surface area contributed by atoms with Crippen LogP contribution in [0.2, 0.25) is 0 Å². The lowest BCUT2D eigenvalue weighted by atomic mass is 10.2. The number of rotatable bonds is 3. The van der Waals surface area contributed by atoms with Crippen LogP contribution in [0, 0.1) is 6.92 Å². The molecule has 2 N–H and O–H groups in total. The molecule has 1 aromatic heterocycles. The number of benzene rings is 1. The van der Waals surface area contributed by atoms with Crippen LogP contribution in [0.1, 0.15) is 11.1 Å². The Morgan fingerprint density at radius 1 is 1.33 bits per heavy atom. The second-order valence-electron chi connectivity index (χ2n) is 3.29. The first-order valence-electron chi connectivity index (χ1n) is 4.64. The molecule has 0 atom stereocenters. The van der Waals surface area contributed by atoms with Crippen molar-refractivity contribution in [3.63, 3.8) is 0 Å². The fraction of sp³-hybridized carbons (Fsp3) is 0.182. The second kappa shape index (κ2) is 4.68. The number of aryl methyl sites for hydroxylation is 1. The first kappa shape index (κ1) is 10.5. The van der Waals surface area contributed by atoms with E-state index in [4.69, 9.17) is 5.73 Å². The summed E-state index contributed by atoms with van der Waals surface area (Å²) in [5.41, 5.74) is 8.19. The van der Waals surface area contributed by atoms with Crippen LogP contribution in [0.15, 0.2) is 34.7 Å². The summed E-state index contributed by atoms with van der Waals surface area (Å²) in [4.78, 5) is 4.02. The summed E-state index contributed by atoms with van der Waals surface area (Å²) in [6.07, 6.45) is 1.83. The number of aromatic nitrogens is 1. The molecule has 0 aliphatic heterocycles. The molecular weight excluding hydrogens is 224 g/mol. The maximum absolute atomic E-state index is 5.56. The highest BCUT2D eigenvalue weighted by atomic mass is 32.2. The number of anilines is 1. The highest BCUT2D eigenvalue weighted by Crippen LogP contribution is 2.29. The van der Waals surface area contributed by atoms with Gasteiger partial charge in [0, 0.05) is 5.75 Å². The van der Waals surface area contributed by atoms with Gasteiger partial charge in [0.15, 0.2) is 5.13 Å². The molecule has 0 bridgehead atoms. The second-order valence-corrected chi connectivity index (χ2v) is 5.63. The molecule has 0 radical (unpaired) electrons. The van der Waals surface area contributed by atoms with Crippen LogP contribution in [0.4, 0.5) is 5.13 Å². The number of thiazole rings is 1. The summed E-state index contributed by atoms with van der Waals surface area (Å²) in [6, 6.07) is 8.59. The van der Waals surface area contributed by atoms with E-state index >= 15 is 0 Å². The predicted molar refractivity (Wildman–Crippen MR) is 67.3 cm³/mol. The zero-order valence-electron chi connectivity index (χ0n) is 8.43. The van der Waals surface area contributed by atoms with E-state index in [1.807, 2.05) is 6.20 Å². The van der Waals surface area contributed by atoms with Gasteiger partial charge in [0.25, 0.3) is 0 Å². The molecule has 1 heterocycles. The number of thioether (sulfide) groups is 1. The van der Waals surface area contributed by atoms with Crippen LogP contribution in [-0.4, -0.2) is 4.98 Å². The molecule has 2 nitrogen and oxygen atoms in total. The highest BCUT2D eigenvalue weighted by Gasteiger charge is 2.00. The van der Waals surface area contributed by atoms with E-state index in [2.05, 4.69) is 36.2 Å². The molecule has 78 valence electrons. The summed E-state index contributed by atoms with van der Waals surface area (Å²) in [5.74, 6) is 0.974. The van der Waals surface area contributed by atoms with E-state index in [0.717, 1.165) is 5.75 Å². The summed E-state index contributed by atoms with van der Waals surface area (Å²) in [7, 11) is 0. The topological polar surface area (TPSA) is 38.9 Å². The quantitative estimate of drug-likeness (QED) is 0.831. The van der Waals surface area contributed by atoms with Gasteiger partial charge in [-0.05, 0) is 12.5 Å². The van der Waals surface area contributed by atoms with Gasteiger partial charge in [-0.25, -0.2) is 4.98 Å². The Hall–Kier alpha value is -1.00. The third-order valence-corrected chi connectivity index (χ3v) is 4.10. The largest absolute Gasteiger partial charge is 0.375 e. The van der Waals surface area contributed by atoms with Gasteiger partial charge in [-0.3, -0.25) is 0 Å². The average molecular weight is 236 g/mol. The molecule has 2 rings (SSSR count). The van der Waals surface area contributed by atoms with Crippen molar-refractivity contribution in [2.75, 3.05) is 5.73 Å². The van der Waals surface area contributed by atoms with Crippen molar-refractivity contribution in [1.82, 2.24) is 4.98 Å². The molecule has 0 saturated heterocycles. The summed E-state index contributed by atoms with van der Waals surface area (Å²) < 4.78 is 1.17. The summed E-state index contributed by atoms with van der Waals surface area (Å²) in [6.45, 7) is 2.10. The molecule has 0 amide bonds. The summed E-state index contributed by atoms with van der Waals surface area (Å²) >= 11 is 3.32. The number of nitrogens with zero attached hydrogens (tertiary/aromatic N) is 1. The Kier molecular flexibility index (Phi) is 3.28. The zero-order valence-corrected chi connectivity index (χ0v) is 10.1. The fourth-order valence-electron chi connectivity index (χ4n) is 1.18. The van der Waals surface area contributed by atoms with Crippen molar-refractivity contribution in [3.05, 3.63) is 41.6 Å². The van der Waals surface area contributed by atoms with Gasteiger partial charge in [-0.15, -0.1) is 11.8 Å². The normalized spacial score (nSPS) is 10.5. The van der Waals surface area contributed by atoms with E-state index in [9.17, 15) is 0 Å². The van der Waals surface area contributed by atoms with Gasteiger partial charge in [0.2, 0.25) is 0 Å². The Bertz CT molecular complexity index is 434. The minimum absolute atomic E-state index is 0.640. The van der Waals surface area contributed by atoms with Crippen molar-refractivity contribution in [1.29, 1.82) is 0 Å². The van der Waals surface area contributed by atoms with Crippen LogP contribution in [0.25, 0.3) is 0 Å². The van der Waals surface area contributed by atoms with Crippen LogP contribution >= 0.6 is 23.1 Å². The van der Waals surface area contributed by atoms with E-state index in [0.29, 0.717) is 5.13 Å². The molecule has 0 unspecified atom stereocenters. The Morgan fingerprint density at radius 3 is 2.67 bits per heavy atom. The Balaban J connectivity index is 1.96.